The van der Waals surface area contributed by atoms with Crippen LogP contribution < -0.4 is 5.32 Å². The summed E-state index contributed by atoms with van der Waals surface area (Å²) in [6.45, 7) is 7.22. The van der Waals surface area contributed by atoms with Gasteiger partial charge in [0, 0.05) is 43.1 Å². The lowest BCUT2D eigenvalue weighted by Gasteiger charge is -2.24. The van der Waals surface area contributed by atoms with Crippen molar-refractivity contribution >= 4 is 17.1 Å². The van der Waals surface area contributed by atoms with Gasteiger partial charge in [-0.15, -0.1) is 11.3 Å². The monoisotopic (exact) mass is 342 g/mol. The Bertz CT molecular complexity index is 771. The van der Waals surface area contributed by atoms with Crippen LogP contribution in [0.1, 0.15) is 22.7 Å². The van der Waals surface area contributed by atoms with Crippen LogP contribution in [0.2, 0.25) is 0 Å². The summed E-state index contributed by atoms with van der Waals surface area (Å²) in [4.78, 5) is 17.2. The van der Waals surface area contributed by atoms with Crippen molar-refractivity contribution in [2.75, 3.05) is 19.6 Å². The molecule has 3 aromatic heterocycles. The van der Waals surface area contributed by atoms with Crippen LogP contribution in [0.5, 0.6) is 0 Å². The molecule has 0 bridgehead atoms. The Morgan fingerprint density at radius 1 is 1.38 bits per heavy atom. The summed E-state index contributed by atoms with van der Waals surface area (Å²) in [5, 5.41) is 3.47. The summed E-state index contributed by atoms with van der Waals surface area (Å²) >= 11 is 1.75. The molecule has 126 valence electrons. The molecule has 4 heterocycles. The molecule has 1 unspecified atom stereocenters. The van der Waals surface area contributed by atoms with Crippen LogP contribution in [-0.4, -0.2) is 43.9 Å². The van der Waals surface area contributed by atoms with Crippen LogP contribution in [-0.2, 0) is 13.1 Å². The highest BCUT2D eigenvalue weighted by atomic mass is 32.1. The molecule has 1 aliphatic rings. The minimum absolute atomic E-state index is 0.716. The largest absolute Gasteiger partial charge is 0.316 e. The lowest BCUT2D eigenvalue weighted by Crippen LogP contribution is -2.30. The molecule has 0 spiro atoms. The van der Waals surface area contributed by atoms with Crippen LogP contribution in [0.15, 0.2) is 30.2 Å². The van der Waals surface area contributed by atoms with Gasteiger partial charge in [-0.05, 0) is 38.4 Å². The number of aryl methyl sites for hydroxylation is 1. The third-order valence-electron chi connectivity index (χ3n) is 4.56. The zero-order chi connectivity index (χ0) is 16.4. The molecule has 1 atom stereocenters. The molecule has 1 N–H and O–H groups in total. The number of nitrogens with zero attached hydrogens (tertiary/aromatic N) is 5. The van der Waals surface area contributed by atoms with Crippen molar-refractivity contribution in [2.24, 2.45) is 5.92 Å². The van der Waals surface area contributed by atoms with Crippen LogP contribution in [0, 0.1) is 12.8 Å². The number of thiazole rings is 1. The number of nitrogens with one attached hydrogen (secondary N) is 1. The molecular weight excluding hydrogens is 320 g/mol. The van der Waals surface area contributed by atoms with E-state index in [1.54, 1.807) is 17.5 Å². The van der Waals surface area contributed by atoms with Crippen molar-refractivity contribution in [3.8, 4) is 0 Å². The molecule has 0 amide bonds. The van der Waals surface area contributed by atoms with Crippen molar-refractivity contribution in [3.05, 3.63) is 46.4 Å². The summed E-state index contributed by atoms with van der Waals surface area (Å²) in [6.07, 6.45) is 7.12. The molecule has 0 aliphatic carbocycles. The van der Waals surface area contributed by atoms with Gasteiger partial charge in [-0.3, -0.25) is 9.30 Å². The van der Waals surface area contributed by atoms with E-state index in [2.05, 4.69) is 38.3 Å². The summed E-state index contributed by atoms with van der Waals surface area (Å²) in [5.74, 6) is 1.48. The van der Waals surface area contributed by atoms with Crippen LogP contribution in [0.4, 0.5) is 0 Å². The van der Waals surface area contributed by atoms with Crippen molar-refractivity contribution in [3.63, 3.8) is 0 Å². The zero-order valence-electron chi connectivity index (χ0n) is 13.9. The number of fused-ring (bicyclic) bond motifs is 1. The summed E-state index contributed by atoms with van der Waals surface area (Å²) in [7, 11) is 0. The number of imidazole rings is 1. The number of rotatable bonds is 6. The molecule has 0 radical (unpaired) electrons. The SMILES string of the molecule is Cc1ncsc1CN(Cc1cn2cccnc2n1)CC1CCNC1. The van der Waals surface area contributed by atoms with Crippen molar-refractivity contribution in [2.45, 2.75) is 26.4 Å². The van der Waals surface area contributed by atoms with Crippen molar-refractivity contribution in [1.82, 2.24) is 29.6 Å². The topological polar surface area (TPSA) is 58.4 Å². The Kier molecular flexibility index (Phi) is 4.55. The smallest absolute Gasteiger partial charge is 0.233 e. The zero-order valence-corrected chi connectivity index (χ0v) is 14.7. The number of hydrogen-bond acceptors (Lipinski definition) is 6. The van der Waals surface area contributed by atoms with E-state index < -0.39 is 0 Å². The average Bonchev–Trinajstić information content (AvgIpc) is 3.29. The van der Waals surface area contributed by atoms with E-state index in [4.69, 9.17) is 0 Å². The molecule has 3 aromatic rings. The van der Waals surface area contributed by atoms with Gasteiger partial charge in [-0.25, -0.2) is 15.0 Å². The fraction of sp³-hybridized carbons (Fsp3) is 0.471. The Hall–Kier alpha value is -1.83. The molecule has 6 nitrogen and oxygen atoms in total. The highest BCUT2D eigenvalue weighted by molar-refractivity contribution is 7.09. The predicted octanol–water partition coefficient (Wildman–Crippen LogP) is 2.11. The minimum Gasteiger partial charge on any atom is -0.316 e. The average molecular weight is 342 g/mol. The Morgan fingerprint density at radius 2 is 2.33 bits per heavy atom. The van der Waals surface area contributed by atoms with E-state index in [9.17, 15) is 0 Å². The van der Waals surface area contributed by atoms with E-state index in [0.717, 1.165) is 49.9 Å². The fourth-order valence-electron chi connectivity index (χ4n) is 3.29. The Morgan fingerprint density at radius 3 is 3.08 bits per heavy atom. The normalized spacial score (nSPS) is 18.0. The highest BCUT2D eigenvalue weighted by Gasteiger charge is 2.20. The molecule has 1 aliphatic heterocycles. The van der Waals surface area contributed by atoms with Crippen molar-refractivity contribution in [1.29, 1.82) is 0 Å². The van der Waals surface area contributed by atoms with E-state index in [1.165, 1.54) is 11.3 Å². The molecular formula is C17H22N6S. The maximum absolute atomic E-state index is 4.66. The van der Waals surface area contributed by atoms with Crippen LogP contribution >= 0.6 is 11.3 Å². The number of hydrogen-bond donors (Lipinski definition) is 1. The standard InChI is InChI=1S/C17H22N6S/c1-13-16(24-12-20-13)11-22(8-14-3-5-18-7-14)9-15-10-23-6-2-4-19-17(23)21-15/h2,4,6,10,12,14,18H,3,5,7-9,11H2,1H3. The summed E-state index contributed by atoms with van der Waals surface area (Å²) < 4.78 is 1.99. The van der Waals surface area contributed by atoms with Gasteiger partial charge >= 0.3 is 0 Å². The maximum atomic E-state index is 4.66. The second-order valence-electron chi connectivity index (χ2n) is 6.45. The quantitative estimate of drug-likeness (QED) is 0.743. The Labute approximate surface area is 145 Å². The first-order valence-corrected chi connectivity index (χ1v) is 9.26. The van der Waals surface area contributed by atoms with Gasteiger partial charge in [0.15, 0.2) is 0 Å². The predicted molar refractivity (Wildman–Crippen MR) is 94.9 cm³/mol. The first kappa shape index (κ1) is 15.7. The molecule has 0 saturated carbocycles. The molecule has 1 fully saturated rings. The van der Waals surface area contributed by atoms with Crippen LogP contribution in [0.3, 0.4) is 0 Å². The first-order chi connectivity index (χ1) is 11.8. The highest BCUT2D eigenvalue weighted by Crippen LogP contribution is 2.19. The van der Waals surface area contributed by atoms with Gasteiger partial charge in [-0.2, -0.15) is 0 Å². The summed E-state index contributed by atoms with van der Waals surface area (Å²) in [5.41, 5.74) is 4.16. The van der Waals surface area contributed by atoms with Crippen LogP contribution in [0.25, 0.3) is 5.78 Å². The molecule has 24 heavy (non-hydrogen) atoms. The number of aromatic nitrogens is 4. The molecule has 0 aromatic carbocycles. The van der Waals surface area contributed by atoms with Gasteiger partial charge in [-0.1, -0.05) is 0 Å². The third kappa shape index (κ3) is 3.48. The van der Waals surface area contributed by atoms with Gasteiger partial charge in [0.2, 0.25) is 5.78 Å². The lowest BCUT2D eigenvalue weighted by atomic mass is 10.1. The fourth-order valence-corrected chi connectivity index (χ4v) is 4.10. The van der Waals surface area contributed by atoms with Gasteiger partial charge < -0.3 is 5.32 Å². The minimum atomic E-state index is 0.716. The van der Waals surface area contributed by atoms with Gasteiger partial charge in [0.05, 0.1) is 16.9 Å². The van der Waals surface area contributed by atoms with E-state index >= 15 is 0 Å². The van der Waals surface area contributed by atoms with E-state index in [1.807, 2.05) is 22.2 Å². The van der Waals surface area contributed by atoms with E-state index in [-0.39, 0.29) is 0 Å². The first-order valence-electron chi connectivity index (χ1n) is 8.38. The Balaban J connectivity index is 1.52. The second-order valence-corrected chi connectivity index (χ2v) is 7.39. The lowest BCUT2D eigenvalue weighted by molar-refractivity contribution is 0.220. The maximum Gasteiger partial charge on any atom is 0.233 e. The molecule has 1 saturated heterocycles. The van der Waals surface area contributed by atoms with Gasteiger partial charge in [0.25, 0.3) is 0 Å². The third-order valence-corrected chi connectivity index (χ3v) is 5.48. The molecule has 7 heteroatoms. The van der Waals surface area contributed by atoms with Crippen molar-refractivity contribution < 1.29 is 0 Å². The molecule has 4 rings (SSSR count). The second kappa shape index (κ2) is 6.96. The summed E-state index contributed by atoms with van der Waals surface area (Å²) in [6, 6.07) is 1.93. The van der Waals surface area contributed by atoms with Gasteiger partial charge in [0.1, 0.15) is 0 Å². The van der Waals surface area contributed by atoms with E-state index in [0.29, 0.717) is 5.92 Å².